The molecule has 0 aliphatic rings. The maximum absolute atomic E-state index is 12.8. The first-order valence-corrected chi connectivity index (χ1v) is 10.6. The number of hydrogen-bond acceptors (Lipinski definition) is 5. The minimum atomic E-state index is -0.251. The van der Waals surface area contributed by atoms with Gasteiger partial charge < -0.3 is 5.32 Å². The van der Waals surface area contributed by atoms with E-state index >= 15 is 0 Å². The second-order valence-electron chi connectivity index (χ2n) is 6.33. The summed E-state index contributed by atoms with van der Waals surface area (Å²) in [7, 11) is 0. The number of fused-ring (bicyclic) bond motifs is 3. The van der Waals surface area contributed by atoms with Gasteiger partial charge in [0, 0.05) is 22.3 Å². The van der Waals surface area contributed by atoms with Crippen LogP contribution in [0, 0.1) is 0 Å². The van der Waals surface area contributed by atoms with Gasteiger partial charge in [-0.2, -0.15) is 0 Å². The molecular formula is C20H15Cl2N5O2S. The van der Waals surface area contributed by atoms with E-state index in [4.69, 9.17) is 23.2 Å². The number of thioether (sulfide) groups is 1. The van der Waals surface area contributed by atoms with Gasteiger partial charge in [0.2, 0.25) is 11.7 Å². The van der Waals surface area contributed by atoms with Gasteiger partial charge in [-0.3, -0.25) is 18.6 Å². The fourth-order valence-electron chi connectivity index (χ4n) is 3.07. The number of benzene rings is 2. The van der Waals surface area contributed by atoms with Crippen molar-refractivity contribution in [3.05, 3.63) is 75.5 Å². The quantitative estimate of drug-likeness (QED) is 0.344. The van der Waals surface area contributed by atoms with Crippen molar-refractivity contribution in [2.75, 3.05) is 11.1 Å². The van der Waals surface area contributed by atoms with Crippen LogP contribution in [-0.4, -0.2) is 30.8 Å². The van der Waals surface area contributed by atoms with E-state index in [1.165, 1.54) is 16.3 Å². The molecule has 2 heterocycles. The van der Waals surface area contributed by atoms with Crippen LogP contribution in [-0.2, 0) is 11.3 Å². The number of carbonyl (C=O) groups excluding carboxylic acids is 1. The molecule has 1 amide bonds. The zero-order valence-corrected chi connectivity index (χ0v) is 17.8. The molecule has 0 aliphatic heterocycles. The lowest BCUT2D eigenvalue weighted by Gasteiger charge is -2.10. The number of hydrogen-bond donors (Lipinski definition) is 1. The van der Waals surface area contributed by atoms with Crippen molar-refractivity contribution in [1.29, 1.82) is 0 Å². The number of aromatic nitrogens is 4. The lowest BCUT2D eigenvalue weighted by molar-refractivity contribution is -0.113. The summed E-state index contributed by atoms with van der Waals surface area (Å²) in [4.78, 5) is 25.2. The molecule has 4 aromatic rings. The molecule has 0 atom stereocenters. The van der Waals surface area contributed by atoms with E-state index in [-0.39, 0.29) is 17.2 Å². The molecule has 0 bridgehead atoms. The molecule has 0 unspecified atom stereocenters. The van der Waals surface area contributed by atoms with Crippen LogP contribution in [0.4, 0.5) is 5.69 Å². The van der Waals surface area contributed by atoms with Crippen molar-refractivity contribution in [2.45, 2.75) is 11.7 Å². The van der Waals surface area contributed by atoms with Gasteiger partial charge in [-0.15, -0.1) is 16.8 Å². The first-order valence-electron chi connectivity index (χ1n) is 8.84. The number of allylic oxidation sites excluding steroid dienone is 1. The van der Waals surface area contributed by atoms with Crippen molar-refractivity contribution in [3.63, 3.8) is 0 Å². The van der Waals surface area contributed by atoms with Gasteiger partial charge in [0.15, 0.2) is 5.16 Å². The third kappa shape index (κ3) is 3.94. The standard InChI is InChI=1S/C20H15Cl2N5O2S/c1-2-7-26-18(29)15-5-3-4-6-16(15)27-19(26)24-25-20(27)30-11-17(28)23-14-9-12(21)8-13(22)10-14/h2-6,8-10H,1,7,11H2,(H,23,28). The van der Waals surface area contributed by atoms with Crippen LogP contribution < -0.4 is 10.9 Å². The van der Waals surface area contributed by atoms with E-state index in [1.54, 1.807) is 40.8 Å². The maximum atomic E-state index is 12.8. The largest absolute Gasteiger partial charge is 0.325 e. The van der Waals surface area contributed by atoms with E-state index in [0.29, 0.717) is 44.1 Å². The minimum absolute atomic E-state index is 0.0832. The van der Waals surface area contributed by atoms with Gasteiger partial charge in [-0.25, -0.2) is 0 Å². The molecule has 7 nitrogen and oxygen atoms in total. The van der Waals surface area contributed by atoms with E-state index in [1.807, 2.05) is 12.1 Å². The fraction of sp³-hybridized carbons (Fsp3) is 0.100. The Morgan fingerprint density at radius 2 is 1.90 bits per heavy atom. The molecule has 30 heavy (non-hydrogen) atoms. The maximum Gasteiger partial charge on any atom is 0.263 e. The molecule has 0 radical (unpaired) electrons. The Hall–Kier alpha value is -2.81. The summed E-state index contributed by atoms with van der Waals surface area (Å²) in [6.07, 6.45) is 1.63. The number of halogens is 2. The summed E-state index contributed by atoms with van der Waals surface area (Å²) in [5.74, 6) is 0.224. The Labute approximate surface area is 185 Å². The number of anilines is 1. The number of para-hydroxylation sites is 1. The zero-order valence-electron chi connectivity index (χ0n) is 15.5. The molecular weight excluding hydrogens is 445 g/mol. The highest BCUT2D eigenvalue weighted by Gasteiger charge is 2.17. The summed E-state index contributed by atoms with van der Waals surface area (Å²) in [5.41, 5.74) is 1.01. The SMILES string of the molecule is C=CCn1c(=O)c2ccccc2n2c(SCC(=O)Nc3cc(Cl)cc(Cl)c3)nnc12. The fourth-order valence-corrected chi connectivity index (χ4v) is 4.34. The van der Waals surface area contributed by atoms with Gasteiger partial charge in [0.1, 0.15) is 0 Å². The molecule has 10 heteroatoms. The number of nitrogens with one attached hydrogen (secondary N) is 1. The Kier molecular flexibility index (Phi) is 5.80. The summed E-state index contributed by atoms with van der Waals surface area (Å²) in [6.45, 7) is 4.01. The van der Waals surface area contributed by atoms with Gasteiger partial charge in [-0.05, 0) is 30.3 Å². The summed E-state index contributed by atoms with van der Waals surface area (Å²) < 4.78 is 3.27. The van der Waals surface area contributed by atoms with Crippen LogP contribution in [0.3, 0.4) is 0 Å². The average Bonchev–Trinajstić information content (AvgIpc) is 3.13. The smallest absolute Gasteiger partial charge is 0.263 e. The number of rotatable bonds is 6. The van der Waals surface area contributed by atoms with Crippen LogP contribution in [0.1, 0.15) is 0 Å². The molecule has 152 valence electrons. The van der Waals surface area contributed by atoms with Crippen molar-refractivity contribution < 1.29 is 4.79 Å². The predicted octanol–water partition coefficient (Wildman–Crippen LogP) is 4.27. The third-order valence-corrected chi connectivity index (χ3v) is 5.63. The van der Waals surface area contributed by atoms with Gasteiger partial charge >= 0.3 is 0 Å². The highest BCUT2D eigenvalue weighted by atomic mass is 35.5. The van der Waals surface area contributed by atoms with Crippen LogP contribution in [0.25, 0.3) is 16.7 Å². The molecule has 0 spiro atoms. The molecule has 1 N–H and O–H groups in total. The van der Waals surface area contributed by atoms with Crippen LogP contribution in [0.15, 0.2) is 65.1 Å². The van der Waals surface area contributed by atoms with E-state index in [9.17, 15) is 9.59 Å². The van der Waals surface area contributed by atoms with Crippen molar-refractivity contribution >= 4 is 63.2 Å². The number of carbonyl (C=O) groups is 1. The number of amides is 1. The Balaban J connectivity index is 1.66. The summed E-state index contributed by atoms with van der Waals surface area (Å²) in [5, 5.41) is 13.0. The van der Waals surface area contributed by atoms with Crippen molar-refractivity contribution in [2.24, 2.45) is 0 Å². The molecule has 2 aromatic heterocycles. The Morgan fingerprint density at radius 1 is 1.17 bits per heavy atom. The minimum Gasteiger partial charge on any atom is -0.325 e. The Morgan fingerprint density at radius 3 is 2.63 bits per heavy atom. The predicted molar refractivity (Wildman–Crippen MR) is 121 cm³/mol. The van der Waals surface area contributed by atoms with Crippen LogP contribution >= 0.6 is 35.0 Å². The lowest BCUT2D eigenvalue weighted by atomic mass is 10.2. The second-order valence-corrected chi connectivity index (χ2v) is 8.15. The van der Waals surface area contributed by atoms with Crippen LogP contribution in [0.2, 0.25) is 10.0 Å². The van der Waals surface area contributed by atoms with Gasteiger partial charge in [0.25, 0.3) is 5.56 Å². The van der Waals surface area contributed by atoms with Crippen molar-refractivity contribution in [1.82, 2.24) is 19.2 Å². The molecule has 0 saturated carbocycles. The molecule has 0 fully saturated rings. The first kappa shape index (κ1) is 20.5. The average molecular weight is 460 g/mol. The number of nitrogens with zero attached hydrogens (tertiary/aromatic N) is 4. The molecule has 0 saturated heterocycles. The van der Waals surface area contributed by atoms with E-state index in [0.717, 1.165) is 0 Å². The van der Waals surface area contributed by atoms with Crippen LogP contribution in [0.5, 0.6) is 0 Å². The van der Waals surface area contributed by atoms with E-state index in [2.05, 4.69) is 22.1 Å². The lowest BCUT2D eigenvalue weighted by Crippen LogP contribution is -2.22. The summed E-state index contributed by atoms with van der Waals surface area (Å²) >= 11 is 13.1. The Bertz CT molecular complexity index is 1330. The monoisotopic (exact) mass is 459 g/mol. The normalized spacial score (nSPS) is 11.1. The molecule has 2 aromatic carbocycles. The zero-order chi connectivity index (χ0) is 21.3. The van der Waals surface area contributed by atoms with Gasteiger partial charge in [-0.1, -0.05) is 53.2 Å². The second kappa shape index (κ2) is 8.51. The first-order chi connectivity index (χ1) is 14.5. The molecule has 4 rings (SSSR count). The van der Waals surface area contributed by atoms with Gasteiger partial charge in [0.05, 0.1) is 16.7 Å². The topological polar surface area (TPSA) is 81.3 Å². The van der Waals surface area contributed by atoms with E-state index < -0.39 is 0 Å². The highest BCUT2D eigenvalue weighted by Crippen LogP contribution is 2.24. The summed E-state index contributed by atoms with van der Waals surface area (Å²) in [6, 6.07) is 12.0. The van der Waals surface area contributed by atoms with Crippen molar-refractivity contribution in [3.8, 4) is 0 Å². The third-order valence-electron chi connectivity index (χ3n) is 4.27. The molecule has 0 aliphatic carbocycles. The highest BCUT2D eigenvalue weighted by molar-refractivity contribution is 7.99.